The van der Waals surface area contributed by atoms with Gasteiger partial charge in [-0.1, -0.05) is 11.6 Å². The molecule has 0 saturated carbocycles. The first-order valence-electron chi connectivity index (χ1n) is 4.09. The van der Waals surface area contributed by atoms with Gasteiger partial charge in [-0.05, 0) is 18.2 Å². The number of carbonyl (C=O) groups excluding carboxylic acids is 1. The molecule has 16 heavy (non-hydrogen) atoms. The summed E-state index contributed by atoms with van der Waals surface area (Å²) in [6.45, 7) is -1.52. The van der Waals surface area contributed by atoms with Gasteiger partial charge in [0, 0.05) is 5.02 Å². The van der Waals surface area contributed by atoms with Crippen molar-refractivity contribution in [2.45, 2.75) is 6.18 Å². The minimum atomic E-state index is -4.54. The average Bonchev–Trinajstić information content (AvgIpc) is 2.17. The Bertz CT molecular complexity index is 405. The monoisotopic (exact) mass is 255 g/mol. The summed E-state index contributed by atoms with van der Waals surface area (Å²) in [5, 5.41) is 1.61. The van der Waals surface area contributed by atoms with Gasteiger partial charge in [0.25, 0.3) is 5.91 Å². The Morgan fingerprint density at radius 1 is 1.38 bits per heavy atom. The summed E-state index contributed by atoms with van der Waals surface area (Å²) < 4.78 is 48.4. The summed E-state index contributed by atoms with van der Waals surface area (Å²) in [7, 11) is 0. The molecule has 0 aliphatic heterocycles. The van der Waals surface area contributed by atoms with Crippen molar-refractivity contribution in [2.75, 3.05) is 6.54 Å². The van der Waals surface area contributed by atoms with Gasteiger partial charge in [0.05, 0.1) is 5.56 Å². The fourth-order valence-electron chi connectivity index (χ4n) is 0.947. The predicted molar refractivity (Wildman–Crippen MR) is 49.8 cm³/mol. The van der Waals surface area contributed by atoms with Crippen LogP contribution in [-0.4, -0.2) is 18.6 Å². The van der Waals surface area contributed by atoms with E-state index in [0.717, 1.165) is 12.1 Å². The first kappa shape index (κ1) is 12.8. The highest BCUT2D eigenvalue weighted by Crippen LogP contribution is 2.16. The number of benzene rings is 1. The maximum atomic E-state index is 13.0. The number of rotatable bonds is 2. The minimum Gasteiger partial charge on any atom is -0.343 e. The van der Waals surface area contributed by atoms with Crippen molar-refractivity contribution in [3.63, 3.8) is 0 Å². The highest BCUT2D eigenvalue weighted by atomic mass is 35.5. The molecule has 1 aromatic carbocycles. The van der Waals surface area contributed by atoms with E-state index in [-0.39, 0.29) is 5.02 Å². The SMILES string of the molecule is O=C(NCC(F)(F)F)c1cc(Cl)ccc1F. The van der Waals surface area contributed by atoms with Crippen molar-refractivity contribution in [1.29, 1.82) is 0 Å². The van der Waals surface area contributed by atoms with Crippen LogP contribution in [0.25, 0.3) is 0 Å². The lowest BCUT2D eigenvalue weighted by Gasteiger charge is -2.08. The van der Waals surface area contributed by atoms with E-state index in [1.165, 1.54) is 6.07 Å². The third-order valence-electron chi connectivity index (χ3n) is 1.62. The number of hydrogen-bond acceptors (Lipinski definition) is 1. The van der Waals surface area contributed by atoms with Gasteiger partial charge in [-0.15, -0.1) is 0 Å². The summed E-state index contributed by atoms with van der Waals surface area (Å²) in [5.41, 5.74) is -0.517. The van der Waals surface area contributed by atoms with Gasteiger partial charge in [0.1, 0.15) is 12.4 Å². The zero-order chi connectivity index (χ0) is 12.3. The molecule has 0 aliphatic rings. The molecule has 1 N–H and O–H groups in total. The van der Waals surface area contributed by atoms with Crippen LogP contribution in [0.2, 0.25) is 5.02 Å². The van der Waals surface area contributed by atoms with Crippen LogP contribution < -0.4 is 5.32 Å². The van der Waals surface area contributed by atoms with E-state index in [2.05, 4.69) is 0 Å². The van der Waals surface area contributed by atoms with Crippen molar-refractivity contribution in [2.24, 2.45) is 0 Å². The average molecular weight is 256 g/mol. The summed E-state index contributed by atoms with van der Waals surface area (Å²) in [6.07, 6.45) is -4.54. The van der Waals surface area contributed by atoms with Gasteiger partial charge in [0.15, 0.2) is 0 Å². The predicted octanol–water partition coefficient (Wildman–Crippen LogP) is 2.77. The molecule has 0 aromatic heterocycles. The van der Waals surface area contributed by atoms with Gasteiger partial charge >= 0.3 is 6.18 Å². The van der Waals surface area contributed by atoms with Crippen molar-refractivity contribution < 1.29 is 22.4 Å². The molecule has 0 atom stereocenters. The van der Waals surface area contributed by atoms with Crippen LogP contribution in [0, 0.1) is 5.82 Å². The lowest BCUT2D eigenvalue weighted by Crippen LogP contribution is -2.34. The zero-order valence-electron chi connectivity index (χ0n) is 7.74. The topological polar surface area (TPSA) is 29.1 Å². The van der Waals surface area contributed by atoms with E-state index >= 15 is 0 Å². The van der Waals surface area contributed by atoms with Gasteiger partial charge < -0.3 is 5.32 Å². The Kier molecular flexibility index (Phi) is 3.74. The summed E-state index contributed by atoms with van der Waals surface area (Å²) in [5.74, 6) is -2.08. The number of hydrogen-bond donors (Lipinski definition) is 1. The second kappa shape index (κ2) is 4.69. The molecule has 0 bridgehead atoms. The number of nitrogens with one attached hydrogen (secondary N) is 1. The lowest BCUT2D eigenvalue weighted by atomic mass is 10.2. The molecule has 0 spiro atoms. The standard InChI is InChI=1S/C9H6ClF4NO/c10-5-1-2-7(11)6(3-5)8(16)15-4-9(12,13)14/h1-3H,4H2,(H,15,16). The van der Waals surface area contributed by atoms with E-state index in [4.69, 9.17) is 11.6 Å². The van der Waals surface area contributed by atoms with Crippen LogP contribution in [0.4, 0.5) is 17.6 Å². The van der Waals surface area contributed by atoms with Crippen LogP contribution in [0.3, 0.4) is 0 Å². The molecule has 1 amide bonds. The van der Waals surface area contributed by atoms with E-state index in [1.807, 2.05) is 0 Å². The fourth-order valence-corrected chi connectivity index (χ4v) is 1.12. The molecular weight excluding hydrogens is 250 g/mol. The molecule has 7 heteroatoms. The molecule has 1 aromatic rings. The van der Waals surface area contributed by atoms with Gasteiger partial charge in [-0.3, -0.25) is 4.79 Å². The molecule has 0 fully saturated rings. The Morgan fingerprint density at radius 3 is 2.56 bits per heavy atom. The lowest BCUT2D eigenvalue weighted by molar-refractivity contribution is -0.123. The first-order valence-corrected chi connectivity index (χ1v) is 4.47. The van der Waals surface area contributed by atoms with Gasteiger partial charge in [-0.25, -0.2) is 4.39 Å². The largest absolute Gasteiger partial charge is 0.405 e. The normalized spacial score (nSPS) is 11.3. The van der Waals surface area contributed by atoms with Crippen molar-refractivity contribution in [3.05, 3.63) is 34.6 Å². The highest BCUT2D eigenvalue weighted by molar-refractivity contribution is 6.30. The molecule has 0 radical (unpaired) electrons. The van der Waals surface area contributed by atoms with Crippen molar-refractivity contribution >= 4 is 17.5 Å². The number of carbonyl (C=O) groups is 1. The molecular formula is C9H6ClF4NO. The van der Waals surface area contributed by atoms with Crippen LogP contribution in [0.1, 0.15) is 10.4 Å². The highest BCUT2D eigenvalue weighted by Gasteiger charge is 2.28. The maximum absolute atomic E-state index is 13.0. The second-order valence-corrected chi connectivity index (χ2v) is 3.36. The van der Waals surface area contributed by atoms with Crippen LogP contribution in [0.15, 0.2) is 18.2 Å². The van der Waals surface area contributed by atoms with Crippen LogP contribution in [-0.2, 0) is 0 Å². The second-order valence-electron chi connectivity index (χ2n) is 2.92. The minimum absolute atomic E-state index is 0.0681. The third kappa shape index (κ3) is 3.69. The van der Waals surface area contributed by atoms with E-state index in [1.54, 1.807) is 5.32 Å². The van der Waals surface area contributed by atoms with E-state index < -0.39 is 30.0 Å². The van der Waals surface area contributed by atoms with Gasteiger partial charge in [0.2, 0.25) is 0 Å². The molecule has 0 unspecified atom stereocenters. The smallest absolute Gasteiger partial charge is 0.343 e. The maximum Gasteiger partial charge on any atom is 0.405 e. The zero-order valence-corrected chi connectivity index (χ0v) is 8.49. The third-order valence-corrected chi connectivity index (χ3v) is 1.86. The number of halogens is 5. The van der Waals surface area contributed by atoms with Crippen LogP contribution in [0.5, 0.6) is 0 Å². The van der Waals surface area contributed by atoms with E-state index in [0.29, 0.717) is 0 Å². The molecule has 1 rings (SSSR count). The Morgan fingerprint density at radius 2 is 2.00 bits per heavy atom. The number of alkyl halides is 3. The van der Waals surface area contributed by atoms with E-state index in [9.17, 15) is 22.4 Å². The molecule has 0 heterocycles. The molecule has 88 valence electrons. The van der Waals surface area contributed by atoms with Gasteiger partial charge in [-0.2, -0.15) is 13.2 Å². The van der Waals surface area contributed by atoms with Crippen molar-refractivity contribution in [3.8, 4) is 0 Å². The Hall–Kier alpha value is -1.30. The van der Waals surface area contributed by atoms with Crippen LogP contribution >= 0.6 is 11.6 Å². The Labute approximate surface area is 93.2 Å². The van der Waals surface area contributed by atoms with Crippen molar-refractivity contribution in [1.82, 2.24) is 5.32 Å². The summed E-state index contributed by atoms with van der Waals surface area (Å²) in [6, 6.07) is 3.06. The summed E-state index contributed by atoms with van der Waals surface area (Å²) in [4.78, 5) is 11.2. The molecule has 0 saturated heterocycles. The molecule has 0 aliphatic carbocycles. The molecule has 2 nitrogen and oxygen atoms in total. The Balaban J connectivity index is 2.77. The first-order chi connectivity index (χ1) is 7.29. The number of amides is 1. The quantitative estimate of drug-likeness (QED) is 0.809. The fraction of sp³-hybridized carbons (Fsp3) is 0.222. The summed E-state index contributed by atoms with van der Waals surface area (Å²) >= 11 is 5.48.